The third-order valence-corrected chi connectivity index (χ3v) is 4.77. The van der Waals surface area contributed by atoms with Gasteiger partial charge in [0.15, 0.2) is 0 Å². The molecule has 4 rings (SSSR count). The summed E-state index contributed by atoms with van der Waals surface area (Å²) >= 11 is 0. The van der Waals surface area contributed by atoms with Crippen LogP contribution in [0.2, 0.25) is 0 Å². The number of aliphatic hydroxyl groups excluding tert-OH is 1. The number of hydrogen-bond acceptors (Lipinski definition) is 2. The van der Waals surface area contributed by atoms with Gasteiger partial charge in [0.05, 0.1) is 12.6 Å². The highest BCUT2D eigenvalue weighted by molar-refractivity contribution is 5.78. The molecule has 2 aliphatic rings. The Morgan fingerprint density at radius 2 is 1.55 bits per heavy atom. The summed E-state index contributed by atoms with van der Waals surface area (Å²) in [6, 6.07) is 18.0. The molecule has 0 bridgehead atoms. The summed E-state index contributed by atoms with van der Waals surface area (Å²) in [6.45, 7) is 1.35. The molecule has 1 saturated heterocycles. The maximum absolute atomic E-state index is 9.65. The lowest BCUT2D eigenvalue weighted by Crippen LogP contribution is -2.35. The van der Waals surface area contributed by atoms with Gasteiger partial charge in [0, 0.05) is 6.04 Å². The second-order valence-corrected chi connectivity index (χ2v) is 5.79. The maximum atomic E-state index is 9.65. The van der Waals surface area contributed by atoms with Gasteiger partial charge >= 0.3 is 0 Å². The summed E-state index contributed by atoms with van der Waals surface area (Å²) in [5, 5.41) is 9.65. The zero-order chi connectivity index (χ0) is 13.5. The van der Waals surface area contributed by atoms with Crippen LogP contribution < -0.4 is 0 Å². The van der Waals surface area contributed by atoms with Crippen LogP contribution in [0.1, 0.15) is 30.0 Å². The van der Waals surface area contributed by atoms with Gasteiger partial charge in [0.2, 0.25) is 0 Å². The SMILES string of the molecule is OC[C@@H]1CCCN1C1c2ccccc2-c2ccccc21. The van der Waals surface area contributed by atoms with Gasteiger partial charge in [0.25, 0.3) is 0 Å². The van der Waals surface area contributed by atoms with Gasteiger partial charge in [-0.1, -0.05) is 48.5 Å². The van der Waals surface area contributed by atoms with Crippen molar-refractivity contribution >= 4 is 0 Å². The van der Waals surface area contributed by atoms with E-state index in [1.54, 1.807) is 0 Å². The van der Waals surface area contributed by atoms with E-state index < -0.39 is 0 Å². The van der Waals surface area contributed by atoms with E-state index in [9.17, 15) is 5.11 Å². The molecular formula is C18H19NO. The molecule has 0 aromatic heterocycles. The van der Waals surface area contributed by atoms with Crippen molar-refractivity contribution in [1.29, 1.82) is 0 Å². The normalized spacial score (nSPS) is 21.9. The average molecular weight is 265 g/mol. The fourth-order valence-corrected chi connectivity index (χ4v) is 3.88. The molecule has 1 fully saturated rings. The van der Waals surface area contributed by atoms with Gasteiger partial charge in [-0.25, -0.2) is 0 Å². The fourth-order valence-electron chi connectivity index (χ4n) is 3.88. The van der Waals surface area contributed by atoms with Gasteiger partial charge in [-0.3, -0.25) is 4.90 Å². The minimum atomic E-state index is 0.265. The van der Waals surface area contributed by atoms with Gasteiger partial charge in [-0.15, -0.1) is 0 Å². The van der Waals surface area contributed by atoms with Gasteiger partial charge in [-0.05, 0) is 41.6 Å². The van der Waals surface area contributed by atoms with Crippen molar-refractivity contribution in [3.63, 3.8) is 0 Å². The highest BCUT2D eigenvalue weighted by Gasteiger charge is 2.37. The second kappa shape index (κ2) is 4.72. The van der Waals surface area contributed by atoms with Crippen molar-refractivity contribution in [3.8, 4) is 11.1 Å². The fraction of sp³-hybridized carbons (Fsp3) is 0.333. The lowest BCUT2D eigenvalue weighted by atomic mass is 10.0. The predicted octanol–water partition coefficient (Wildman–Crippen LogP) is 3.21. The number of hydrogen-bond donors (Lipinski definition) is 1. The van der Waals surface area contributed by atoms with Crippen LogP contribution in [0.3, 0.4) is 0 Å². The molecule has 0 amide bonds. The van der Waals surface area contributed by atoms with Crippen LogP contribution >= 0.6 is 0 Å². The monoisotopic (exact) mass is 265 g/mol. The lowest BCUT2D eigenvalue weighted by Gasteiger charge is -2.31. The van der Waals surface area contributed by atoms with Crippen molar-refractivity contribution < 1.29 is 5.11 Å². The van der Waals surface area contributed by atoms with Crippen LogP contribution in [0.25, 0.3) is 11.1 Å². The molecule has 2 nitrogen and oxygen atoms in total. The molecule has 1 aliphatic heterocycles. The largest absolute Gasteiger partial charge is 0.395 e. The van der Waals surface area contributed by atoms with Crippen LogP contribution in [-0.4, -0.2) is 29.2 Å². The maximum Gasteiger partial charge on any atom is 0.0617 e. The van der Waals surface area contributed by atoms with Crippen molar-refractivity contribution in [1.82, 2.24) is 4.90 Å². The highest BCUT2D eigenvalue weighted by Crippen LogP contribution is 2.47. The van der Waals surface area contributed by atoms with E-state index in [4.69, 9.17) is 0 Å². The van der Waals surface area contributed by atoms with Crippen molar-refractivity contribution in [2.75, 3.05) is 13.2 Å². The van der Waals surface area contributed by atoms with Gasteiger partial charge in [-0.2, -0.15) is 0 Å². The Morgan fingerprint density at radius 3 is 2.15 bits per heavy atom. The predicted molar refractivity (Wildman–Crippen MR) is 80.5 cm³/mol. The molecule has 1 atom stereocenters. The first-order valence-electron chi connectivity index (χ1n) is 7.45. The Hall–Kier alpha value is -1.64. The molecule has 2 aromatic rings. The molecule has 1 heterocycles. The minimum Gasteiger partial charge on any atom is -0.395 e. The first kappa shape index (κ1) is 12.1. The van der Waals surface area contributed by atoms with E-state index in [0.29, 0.717) is 12.1 Å². The summed E-state index contributed by atoms with van der Waals surface area (Å²) in [5.41, 5.74) is 5.51. The van der Waals surface area contributed by atoms with E-state index in [1.165, 1.54) is 28.7 Å². The summed E-state index contributed by atoms with van der Waals surface area (Å²) in [4.78, 5) is 2.49. The average Bonchev–Trinajstić information content (AvgIpc) is 3.08. The highest BCUT2D eigenvalue weighted by atomic mass is 16.3. The smallest absolute Gasteiger partial charge is 0.0617 e. The number of aliphatic hydroxyl groups is 1. The Morgan fingerprint density at radius 1 is 0.950 bits per heavy atom. The zero-order valence-electron chi connectivity index (χ0n) is 11.5. The van der Waals surface area contributed by atoms with Crippen LogP contribution in [0, 0.1) is 0 Å². The molecule has 0 radical (unpaired) electrons. The topological polar surface area (TPSA) is 23.5 Å². The summed E-state index contributed by atoms with van der Waals surface area (Å²) in [7, 11) is 0. The third-order valence-electron chi connectivity index (χ3n) is 4.77. The molecule has 1 N–H and O–H groups in total. The van der Waals surface area contributed by atoms with Crippen LogP contribution in [0.15, 0.2) is 48.5 Å². The summed E-state index contributed by atoms with van der Waals surface area (Å²) in [6.07, 6.45) is 2.30. The first-order valence-corrected chi connectivity index (χ1v) is 7.45. The molecule has 20 heavy (non-hydrogen) atoms. The van der Waals surface area contributed by atoms with Crippen LogP contribution in [0.5, 0.6) is 0 Å². The zero-order valence-corrected chi connectivity index (χ0v) is 11.5. The Balaban J connectivity index is 1.87. The Labute approximate surface area is 119 Å². The second-order valence-electron chi connectivity index (χ2n) is 5.79. The van der Waals surface area contributed by atoms with Gasteiger partial charge in [0.1, 0.15) is 0 Å². The Bertz CT molecular complexity index is 591. The molecular weight excluding hydrogens is 246 g/mol. The Kier molecular flexibility index (Phi) is 2.86. The van der Waals surface area contributed by atoms with E-state index >= 15 is 0 Å². The van der Waals surface area contributed by atoms with Crippen molar-refractivity contribution in [2.45, 2.75) is 24.9 Å². The summed E-state index contributed by atoms with van der Waals surface area (Å²) < 4.78 is 0. The molecule has 2 heteroatoms. The minimum absolute atomic E-state index is 0.265. The molecule has 102 valence electrons. The quantitative estimate of drug-likeness (QED) is 0.901. The van der Waals surface area contributed by atoms with Crippen molar-refractivity contribution in [3.05, 3.63) is 59.7 Å². The number of benzene rings is 2. The number of nitrogens with zero attached hydrogens (tertiary/aromatic N) is 1. The van der Waals surface area contributed by atoms with Crippen molar-refractivity contribution in [2.24, 2.45) is 0 Å². The van der Waals surface area contributed by atoms with E-state index in [-0.39, 0.29) is 6.61 Å². The van der Waals surface area contributed by atoms with Crippen LogP contribution in [0.4, 0.5) is 0 Å². The molecule has 0 spiro atoms. The summed E-state index contributed by atoms with van der Waals surface area (Å²) in [5.74, 6) is 0. The number of likely N-dealkylation sites (tertiary alicyclic amines) is 1. The van der Waals surface area contributed by atoms with E-state index in [1.807, 2.05) is 0 Å². The molecule has 2 aromatic carbocycles. The van der Waals surface area contributed by atoms with Gasteiger partial charge < -0.3 is 5.11 Å². The van der Waals surface area contributed by atoms with E-state index in [2.05, 4.69) is 53.4 Å². The number of rotatable bonds is 2. The first-order chi connectivity index (χ1) is 9.90. The molecule has 1 aliphatic carbocycles. The third kappa shape index (κ3) is 1.65. The lowest BCUT2D eigenvalue weighted by molar-refractivity contribution is 0.135. The molecule has 0 unspecified atom stereocenters. The molecule has 0 saturated carbocycles. The van der Waals surface area contributed by atoms with Crippen LogP contribution in [-0.2, 0) is 0 Å². The number of fused-ring (bicyclic) bond motifs is 3. The standard InChI is InChI=1S/C18H19NO/c20-12-13-6-5-11-19(13)18-16-9-3-1-7-14(16)15-8-2-4-10-17(15)18/h1-4,7-10,13,18,20H,5-6,11-12H2/t13-/m0/s1. The van der Waals surface area contributed by atoms with E-state index in [0.717, 1.165) is 13.0 Å².